The predicted molar refractivity (Wildman–Crippen MR) is 54.5 cm³/mol. The third-order valence-corrected chi connectivity index (χ3v) is 1.75. The molecule has 1 nitrogen and oxygen atoms in total. The van der Waals surface area contributed by atoms with E-state index in [-0.39, 0.29) is 6.61 Å². The molecular formula is C12H14O. The highest BCUT2D eigenvalue weighted by molar-refractivity contribution is 5.15. The Labute approximate surface area is 79.0 Å². The number of rotatable bonds is 4. The molecule has 0 saturated carbocycles. The van der Waals surface area contributed by atoms with Crippen molar-refractivity contribution in [3.05, 3.63) is 53.8 Å². The quantitative estimate of drug-likeness (QED) is 0.694. The monoisotopic (exact) mass is 174 g/mol. The molecule has 0 amide bonds. The first-order chi connectivity index (χ1) is 6.43. The molecule has 0 spiro atoms. The fourth-order valence-corrected chi connectivity index (χ4v) is 1.10. The van der Waals surface area contributed by atoms with E-state index >= 15 is 0 Å². The Kier molecular flexibility index (Phi) is 4.70. The number of aliphatic hydroxyl groups excluding tert-OH is 1. The van der Waals surface area contributed by atoms with E-state index in [2.05, 4.69) is 17.9 Å². The van der Waals surface area contributed by atoms with Crippen molar-refractivity contribution < 1.29 is 5.11 Å². The first kappa shape index (κ1) is 9.79. The van der Waals surface area contributed by atoms with Crippen LogP contribution < -0.4 is 0 Å². The lowest BCUT2D eigenvalue weighted by Gasteiger charge is -1.94. The summed E-state index contributed by atoms with van der Waals surface area (Å²) in [6.45, 7) is 0.0713. The third kappa shape index (κ3) is 4.32. The lowest BCUT2D eigenvalue weighted by atomic mass is 10.1. The molecule has 0 radical (unpaired) electrons. The van der Waals surface area contributed by atoms with Crippen molar-refractivity contribution in [3.63, 3.8) is 0 Å². The van der Waals surface area contributed by atoms with Crippen LogP contribution in [-0.4, -0.2) is 11.7 Å². The molecule has 1 heteroatoms. The first-order valence-corrected chi connectivity index (χ1v) is 4.47. The van der Waals surface area contributed by atoms with Gasteiger partial charge in [-0.05, 0) is 30.6 Å². The Morgan fingerprint density at radius 1 is 1.15 bits per heavy atom. The fourth-order valence-electron chi connectivity index (χ4n) is 1.10. The molecule has 1 aromatic rings. The minimum atomic E-state index is 0.0713. The molecule has 0 aliphatic rings. The summed E-state index contributed by atoms with van der Waals surface area (Å²) in [6.07, 6.45) is 5.57. The number of benzene rings is 1. The van der Waals surface area contributed by atoms with Crippen LogP contribution in [0.1, 0.15) is 12.0 Å². The zero-order valence-corrected chi connectivity index (χ0v) is 7.61. The minimum Gasteiger partial charge on any atom is -0.392 e. The molecule has 1 aromatic carbocycles. The van der Waals surface area contributed by atoms with Gasteiger partial charge in [0, 0.05) is 0 Å². The predicted octanol–water partition coefficient (Wildman–Crippen LogP) is 2.32. The minimum absolute atomic E-state index is 0.0713. The maximum Gasteiger partial charge on any atom is 0.0686 e. The SMILES string of the molecule is OCC=C=CCCc1ccccc1. The fraction of sp³-hybridized carbons (Fsp3) is 0.250. The van der Waals surface area contributed by atoms with E-state index in [0.717, 1.165) is 12.8 Å². The van der Waals surface area contributed by atoms with Gasteiger partial charge in [-0.25, -0.2) is 0 Å². The van der Waals surface area contributed by atoms with E-state index in [9.17, 15) is 0 Å². The van der Waals surface area contributed by atoms with Crippen LogP contribution in [0.4, 0.5) is 0 Å². The van der Waals surface area contributed by atoms with Crippen LogP contribution in [0, 0.1) is 0 Å². The molecule has 0 bridgehead atoms. The van der Waals surface area contributed by atoms with Gasteiger partial charge in [0.05, 0.1) is 6.61 Å². The summed E-state index contributed by atoms with van der Waals surface area (Å²) in [5.74, 6) is 0. The van der Waals surface area contributed by atoms with Crippen molar-refractivity contribution in [1.82, 2.24) is 0 Å². The highest BCUT2D eigenvalue weighted by Crippen LogP contribution is 2.01. The van der Waals surface area contributed by atoms with Gasteiger partial charge in [0.1, 0.15) is 0 Å². The Balaban J connectivity index is 2.32. The molecule has 1 N–H and O–H groups in total. The van der Waals surface area contributed by atoms with Gasteiger partial charge in [-0.1, -0.05) is 30.3 Å². The van der Waals surface area contributed by atoms with E-state index in [0.29, 0.717) is 0 Å². The van der Waals surface area contributed by atoms with Crippen molar-refractivity contribution in [2.24, 2.45) is 0 Å². The van der Waals surface area contributed by atoms with Crippen molar-refractivity contribution in [3.8, 4) is 0 Å². The number of aryl methyl sites for hydroxylation is 1. The summed E-state index contributed by atoms with van der Waals surface area (Å²) in [7, 11) is 0. The van der Waals surface area contributed by atoms with Crippen LogP contribution in [0.15, 0.2) is 48.2 Å². The summed E-state index contributed by atoms with van der Waals surface area (Å²) in [5.41, 5.74) is 4.24. The van der Waals surface area contributed by atoms with Gasteiger partial charge in [-0.15, -0.1) is 5.73 Å². The first-order valence-electron chi connectivity index (χ1n) is 4.47. The van der Waals surface area contributed by atoms with Gasteiger partial charge >= 0.3 is 0 Å². The van der Waals surface area contributed by atoms with Crippen molar-refractivity contribution >= 4 is 0 Å². The molecule has 0 unspecified atom stereocenters. The highest BCUT2D eigenvalue weighted by atomic mass is 16.2. The topological polar surface area (TPSA) is 20.2 Å². The second kappa shape index (κ2) is 6.24. The van der Waals surface area contributed by atoms with E-state index < -0.39 is 0 Å². The maximum atomic E-state index is 8.44. The van der Waals surface area contributed by atoms with Gasteiger partial charge in [0.2, 0.25) is 0 Å². The van der Waals surface area contributed by atoms with E-state index in [1.54, 1.807) is 6.08 Å². The largest absolute Gasteiger partial charge is 0.392 e. The molecular weight excluding hydrogens is 160 g/mol. The second-order valence-corrected chi connectivity index (χ2v) is 2.78. The average molecular weight is 174 g/mol. The average Bonchev–Trinajstić information content (AvgIpc) is 2.19. The van der Waals surface area contributed by atoms with Crippen LogP contribution in [-0.2, 0) is 6.42 Å². The number of hydrogen-bond acceptors (Lipinski definition) is 1. The van der Waals surface area contributed by atoms with Gasteiger partial charge < -0.3 is 5.11 Å². The molecule has 0 saturated heterocycles. The maximum absolute atomic E-state index is 8.44. The summed E-state index contributed by atoms with van der Waals surface area (Å²) in [6, 6.07) is 10.3. The zero-order chi connectivity index (χ0) is 9.36. The molecule has 0 aromatic heterocycles. The lowest BCUT2D eigenvalue weighted by molar-refractivity contribution is 0.343. The van der Waals surface area contributed by atoms with Crippen molar-refractivity contribution in [2.45, 2.75) is 12.8 Å². The molecule has 68 valence electrons. The number of aliphatic hydroxyl groups is 1. The normalized spacial score (nSPS) is 9.00. The smallest absolute Gasteiger partial charge is 0.0686 e. The van der Waals surface area contributed by atoms with Gasteiger partial charge in [0.15, 0.2) is 0 Å². The van der Waals surface area contributed by atoms with E-state index in [4.69, 9.17) is 5.11 Å². The molecule has 13 heavy (non-hydrogen) atoms. The molecule has 1 rings (SSSR count). The molecule has 0 fully saturated rings. The Morgan fingerprint density at radius 3 is 2.62 bits per heavy atom. The summed E-state index contributed by atoms with van der Waals surface area (Å²) >= 11 is 0. The van der Waals surface area contributed by atoms with Crippen molar-refractivity contribution in [2.75, 3.05) is 6.61 Å². The summed E-state index contributed by atoms with van der Waals surface area (Å²) in [5, 5.41) is 8.44. The molecule has 0 aliphatic carbocycles. The molecule has 0 aliphatic heterocycles. The summed E-state index contributed by atoms with van der Waals surface area (Å²) in [4.78, 5) is 0. The van der Waals surface area contributed by atoms with Gasteiger partial charge in [-0.3, -0.25) is 0 Å². The van der Waals surface area contributed by atoms with Crippen LogP contribution in [0.3, 0.4) is 0 Å². The van der Waals surface area contributed by atoms with E-state index in [1.165, 1.54) is 5.56 Å². The van der Waals surface area contributed by atoms with Crippen molar-refractivity contribution in [1.29, 1.82) is 0 Å². The third-order valence-electron chi connectivity index (χ3n) is 1.75. The number of hydrogen-bond donors (Lipinski definition) is 1. The van der Waals surface area contributed by atoms with E-state index in [1.807, 2.05) is 24.3 Å². The lowest BCUT2D eigenvalue weighted by Crippen LogP contribution is -1.80. The van der Waals surface area contributed by atoms with Gasteiger partial charge in [0.25, 0.3) is 0 Å². The standard InChI is InChI=1S/C12H14O/c13-11-7-2-1-4-8-12-9-5-3-6-10-12/h1,3,5-7,9-10,13H,4,8,11H2. The van der Waals surface area contributed by atoms with Crippen LogP contribution in [0.25, 0.3) is 0 Å². The summed E-state index contributed by atoms with van der Waals surface area (Å²) < 4.78 is 0. The van der Waals surface area contributed by atoms with Crippen LogP contribution in [0.5, 0.6) is 0 Å². The van der Waals surface area contributed by atoms with Gasteiger partial charge in [-0.2, -0.15) is 0 Å². The Bertz CT molecular complexity index is 281. The Hall–Kier alpha value is -1.30. The molecule has 0 atom stereocenters. The van der Waals surface area contributed by atoms with Crippen LogP contribution in [0.2, 0.25) is 0 Å². The second-order valence-electron chi connectivity index (χ2n) is 2.78. The Morgan fingerprint density at radius 2 is 1.92 bits per heavy atom. The molecule has 0 heterocycles. The zero-order valence-electron chi connectivity index (χ0n) is 7.61. The van der Waals surface area contributed by atoms with Crippen LogP contribution >= 0.6 is 0 Å². The highest BCUT2D eigenvalue weighted by Gasteiger charge is 1.86.